The number of hydrogen-bond donors (Lipinski definition) is 3. The minimum atomic E-state index is -1.92. The standard InChI is InChI=1S/C67H108O12/c1-4-7-10-13-16-19-22-25-27-29-30-32-33-36-38-41-44-47-50-53-59(68)75-56-58(77-60(69)54-51-48-45-42-39-35-24-21-18-15-12-9-6-3)57-76-67-65(63(72)62(71)64(79-67)66(73)74)78-61(70)55-52-49-46-43-40-37-34-31-28-26-23-20-17-14-11-8-5-2/h7-8,10-11,16-17,19-21,24-28,30,32,36,38,58,62-65,67,71-72H,4-6,9,12-15,18,22-23,29,31,33-35,37,39-57H2,1-3H3,(H,73,74)/b10-7-,11-8-,19-16-,20-17-,24-21-,27-25-,28-26-,32-30-,38-36-. The van der Waals surface area contributed by atoms with Crippen molar-refractivity contribution < 1.29 is 58.2 Å². The predicted octanol–water partition coefficient (Wildman–Crippen LogP) is 16.2. The van der Waals surface area contributed by atoms with Gasteiger partial charge in [-0.3, -0.25) is 14.4 Å². The van der Waals surface area contributed by atoms with Crippen LogP contribution >= 0.6 is 0 Å². The van der Waals surface area contributed by atoms with E-state index in [9.17, 15) is 34.5 Å². The lowest BCUT2D eigenvalue weighted by atomic mass is 9.98. The molecule has 1 rings (SSSR count). The number of esters is 3. The van der Waals surface area contributed by atoms with Gasteiger partial charge in [0.1, 0.15) is 18.8 Å². The van der Waals surface area contributed by atoms with Gasteiger partial charge in [-0.2, -0.15) is 0 Å². The normalized spacial score (nSPS) is 18.6. The smallest absolute Gasteiger partial charge is 0.335 e. The van der Waals surface area contributed by atoms with Crippen molar-refractivity contribution in [1.82, 2.24) is 0 Å². The molecular formula is C67H108O12. The van der Waals surface area contributed by atoms with Gasteiger partial charge in [-0.1, -0.05) is 207 Å². The van der Waals surface area contributed by atoms with Crippen LogP contribution in [0.2, 0.25) is 0 Å². The molecule has 0 amide bonds. The minimum absolute atomic E-state index is 0.0400. The summed E-state index contributed by atoms with van der Waals surface area (Å²) in [6.45, 7) is 5.71. The highest BCUT2D eigenvalue weighted by atomic mass is 16.7. The summed E-state index contributed by atoms with van der Waals surface area (Å²) in [7, 11) is 0. The van der Waals surface area contributed by atoms with Crippen molar-refractivity contribution in [3.05, 3.63) is 109 Å². The highest BCUT2D eigenvalue weighted by Gasteiger charge is 2.50. The van der Waals surface area contributed by atoms with Crippen molar-refractivity contribution in [1.29, 1.82) is 0 Å². The molecule has 12 nitrogen and oxygen atoms in total. The number of aliphatic hydroxyl groups is 2. The van der Waals surface area contributed by atoms with Crippen LogP contribution in [0.25, 0.3) is 0 Å². The van der Waals surface area contributed by atoms with Crippen LogP contribution in [0, 0.1) is 0 Å². The van der Waals surface area contributed by atoms with Gasteiger partial charge >= 0.3 is 23.9 Å². The first-order chi connectivity index (χ1) is 38.6. The fraction of sp³-hybridized carbons (Fsp3) is 0.672. The van der Waals surface area contributed by atoms with Gasteiger partial charge < -0.3 is 39.0 Å². The molecule has 6 unspecified atom stereocenters. The Morgan fingerprint density at radius 1 is 0.430 bits per heavy atom. The van der Waals surface area contributed by atoms with Gasteiger partial charge in [0.05, 0.1) is 6.61 Å². The summed E-state index contributed by atoms with van der Waals surface area (Å²) < 4.78 is 28.4. The number of unbranched alkanes of at least 4 members (excludes halogenated alkanes) is 19. The van der Waals surface area contributed by atoms with Crippen LogP contribution in [0.4, 0.5) is 0 Å². The van der Waals surface area contributed by atoms with E-state index in [1.807, 2.05) is 0 Å². The number of carboxylic acid groups (broad SMARTS) is 1. The van der Waals surface area contributed by atoms with Gasteiger partial charge in [-0.25, -0.2) is 4.79 Å². The predicted molar refractivity (Wildman–Crippen MR) is 321 cm³/mol. The molecule has 1 fully saturated rings. The van der Waals surface area contributed by atoms with E-state index >= 15 is 0 Å². The zero-order chi connectivity index (χ0) is 57.5. The summed E-state index contributed by atoms with van der Waals surface area (Å²) in [6, 6.07) is 0. The third kappa shape index (κ3) is 43.8. The largest absolute Gasteiger partial charge is 0.479 e. The first-order valence-corrected chi connectivity index (χ1v) is 30.9. The number of aliphatic hydroxyl groups excluding tert-OH is 2. The Labute approximate surface area is 478 Å². The second-order valence-electron chi connectivity index (χ2n) is 20.6. The minimum Gasteiger partial charge on any atom is -0.479 e. The first kappa shape index (κ1) is 72.4. The van der Waals surface area contributed by atoms with Crippen molar-refractivity contribution in [2.45, 2.75) is 276 Å². The molecule has 1 aliphatic heterocycles. The Kier molecular flexibility index (Phi) is 49.5. The van der Waals surface area contributed by atoms with E-state index in [4.69, 9.17) is 23.7 Å². The number of carbonyl (C=O) groups is 4. The molecule has 6 atom stereocenters. The van der Waals surface area contributed by atoms with E-state index < -0.39 is 67.3 Å². The van der Waals surface area contributed by atoms with Crippen molar-refractivity contribution in [3.63, 3.8) is 0 Å². The topological polar surface area (TPSA) is 175 Å². The first-order valence-electron chi connectivity index (χ1n) is 30.9. The van der Waals surface area contributed by atoms with E-state index in [0.717, 1.165) is 154 Å². The number of allylic oxidation sites excluding steroid dienone is 18. The van der Waals surface area contributed by atoms with Crippen LogP contribution < -0.4 is 0 Å². The van der Waals surface area contributed by atoms with E-state index in [-0.39, 0.29) is 25.9 Å². The maximum Gasteiger partial charge on any atom is 0.335 e. The number of rotatable bonds is 51. The molecule has 1 saturated heterocycles. The van der Waals surface area contributed by atoms with Crippen LogP contribution in [-0.4, -0.2) is 89.2 Å². The lowest BCUT2D eigenvalue weighted by Gasteiger charge is -2.40. The maximum atomic E-state index is 13.2. The lowest BCUT2D eigenvalue weighted by Crippen LogP contribution is -2.61. The Bertz CT molecular complexity index is 1790. The van der Waals surface area contributed by atoms with Gasteiger partial charge in [0.2, 0.25) is 0 Å². The third-order valence-corrected chi connectivity index (χ3v) is 13.3. The zero-order valence-electron chi connectivity index (χ0n) is 49.3. The zero-order valence-corrected chi connectivity index (χ0v) is 49.3. The molecule has 1 heterocycles. The SMILES string of the molecule is CC/C=C\C/C=C\C/C=C\C/C=C\C/C=C\CCCCCC(=O)OCC(COC1OC(C(=O)O)C(O)C(O)C1OC(=O)CCCCCCCCC/C=C\C/C=C\C/C=C\CC)OC(=O)CCCCCCC/C=C\CCCCCC. The summed E-state index contributed by atoms with van der Waals surface area (Å²) in [5.74, 6) is -3.19. The molecule has 0 aliphatic carbocycles. The Morgan fingerprint density at radius 2 is 0.797 bits per heavy atom. The van der Waals surface area contributed by atoms with Crippen LogP contribution in [0.15, 0.2) is 109 Å². The Morgan fingerprint density at radius 3 is 1.24 bits per heavy atom. The third-order valence-electron chi connectivity index (χ3n) is 13.3. The average Bonchev–Trinajstić information content (AvgIpc) is 3.47. The summed E-state index contributed by atoms with van der Waals surface area (Å²) >= 11 is 0. The Balaban J connectivity index is 2.70. The number of carboxylic acids is 1. The molecule has 0 bridgehead atoms. The average molecular weight is 1110 g/mol. The molecule has 79 heavy (non-hydrogen) atoms. The maximum absolute atomic E-state index is 13.2. The summed E-state index contributed by atoms with van der Waals surface area (Å²) in [5, 5.41) is 31.5. The number of carbonyl (C=O) groups excluding carboxylic acids is 3. The molecule has 0 radical (unpaired) electrons. The second-order valence-corrected chi connectivity index (χ2v) is 20.6. The molecule has 0 aromatic rings. The van der Waals surface area contributed by atoms with Gasteiger partial charge in [0.25, 0.3) is 0 Å². The summed E-state index contributed by atoms with van der Waals surface area (Å²) in [6.07, 6.45) is 60.5. The molecule has 0 saturated carbocycles. The van der Waals surface area contributed by atoms with E-state index in [1.165, 1.54) is 25.7 Å². The highest BCUT2D eigenvalue weighted by Crippen LogP contribution is 2.26. The lowest BCUT2D eigenvalue weighted by molar-refractivity contribution is -0.301. The second kappa shape index (κ2) is 54.0. The molecule has 12 heteroatoms. The van der Waals surface area contributed by atoms with E-state index in [1.54, 1.807) is 0 Å². The van der Waals surface area contributed by atoms with E-state index in [0.29, 0.717) is 19.3 Å². The number of aliphatic carboxylic acids is 1. The molecule has 0 spiro atoms. The fourth-order valence-electron chi connectivity index (χ4n) is 8.64. The van der Waals surface area contributed by atoms with Crippen LogP contribution in [-0.2, 0) is 42.9 Å². The Hall–Kier alpha value is -4.62. The quantitative estimate of drug-likeness (QED) is 0.0228. The summed E-state index contributed by atoms with van der Waals surface area (Å²) in [5.41, 5.74) is 0. The fourth-order valence-corrected chi connectivity index (χ4v) is 8.64. The van der Waals surface area contributed by atoms with Gasteiger partial charge in [-0.15, -0.1) is 0 Å². The number of ether oxygens (including phenoxy) is 5. The van der Waals surface area contributed by atoms with E-state index in [2.05, 4.69) is 130 Å². The molecule has 1 aliphatic rings. The monoisotopic (exact) mass is 1100 g/mol. The molecule has 3 N–H and O–H groups in total. The summed E-state index contributed by atoms with van der Waals surface area (Å²) in [4.78, 5) is 51.2. The molecule has 448 valence electrons. The molecule has 0 aromatic carbocycles. The van der Waals surface area contributed by atoms with Crippen molar-refractivity contribution in [2.75, 3.05) is 13.2 Å². The van der Waals surface area contributed by atoms with Crippen molar-refractivity contribution >= 4 is 23.9 Å². The molecular weight excluding hydrogens is 997 g/mol. The van der Waals surface area contributed by atoms with Crippen molar-refractivity contribution in [2.24, 2.45) is 0 Å². The highest BCUT2D eigenvalue weighted by molar-refractivity contribution is 5.74. The molecule has 0 aromatic heterocycles. The van der Waals surface area contributed by atoms with Crippen LogP contribution in [0.5, 0.6) is 0 Å². The number of hydrogen-bond acceptors (Lipinski definition) is 11. The van der Waals surface area contributed by atoms with Crippen molar-refractivity contribution in [3.8, 4) is 0 Å². The van der Waals surface area contributed by atoms with Gasteiger partial charge in [0.15, 0.2) is 24.6 Å². The van der Waals surface area contributed by atoms with Crippen LogP contribution in [0.3, 0.4) is 0 Å². The van der Waals surface area contributed by atoms with Gasteiger partial charge in [-0.05, 0) is 122 Å². The van der Waals surface area contributed by atoms with Gasteiger partial charge in [0, 0.05) is 19.3 Å². The van der Waals surface area contributed by atoms with Crippen LogP contribution in [0.1, 0.15) is 239 Å².